The predicted molar refractivity (Wildman–Crippen MR) is 286 cm³/mol. The molecule has 0 N–H and O–H groups in total. The fourth-order valence-electron chi connectivity index (χ4n) is 10.1. The molecule has 0 radical (unpaired) electrons. The summed E-state index contributed by atoms with van der Waals surface area (Å²) in [6.45, 7) is 0. The minimum atomic E-state index is 0.615. The van der Waals surface area contributed by atoms with Crippen molar-refractivity contribution >= 4 is 60.2 Å². The second kappa shape index (κ2) is 16.1. The Hall–Kier alpha value is -9.52. The van der Waals surface area contributed by atoms with Crippen LogP contribution in [0.25, 0.3) is 139 Å². The highest BCUT2D eigenvalue weighted by Gasteiger charge is 2.18. The first-order valence-corrected chi connectivity index (χ1v) is 23.5. The highest BCUT2D eigenvalue weighted by atomic mass is 16.3. The average Bonchev–Trinajstić information content (AvgIpc) is 4.02. The summed E-state index contributed by atoms with van der Waals surface area (Å²) >= 11 is 0. The van der Waals surface area contributed by atoms with Crippen LogP contribution in [0.15, 0.2) is 241 Å². The van der Waals surface area contributed by atoms with Gasteiger partial charge in [-0.1, -0.05) is 194 Å². The van der Waals surface area contributed by atoms with Gasteiger partial charge in [-0.3, -0.25) is 4.40 Å². The first kappa shape index (κ1) is 39.6. The van der Waals surface area contributed by atoms with Crippen LogP contribution >= 0.6 is 0 Å². The number of hydrogen-bond acceptors (Lipinski definition) is 5. The SMILES string of the molecule is c1ccc(-c2ccc(-c3nc(-c4ccc(-c5ccccc5)cc4)nc(-c4ccc(-c5ccc6c(c5)c5ccccc5c5nc7cc(-c8ccc9oc%10ccccc%10c9c8)ccn7c65)cc4)n3)cc2)cc1. The van der Waals surface area contributed by atoms with Crippen LogP contribution in [0.5, 0.6) is 0 Å². The number of furan rings is 1. The standard InChI is InChI=1S/C64H39N5O/c1-3-11-40(12-4-1)42-19-25-45(26-20-42)62-66-63(46-27-21-43(22-28-46)41-13-5-2-6-14-41)68-64(67-62)47-29-23-44(24-30-47)48-31-33-54-55(37-48)51-15-7-8-17-53(51)60-61(54)69-36-35-50(39-59(69)65-60)49-32-34-58-56(38-49)52-16-9-10-18-57(52)70-58/h1-39H. The number of para-hydroxylation sites is 1. The van der Waals surface area contributed by atoms with Gasteiger partial charge in [-0.2, -0.15) is 0 Å². The summed E-state index contributed by atoms with van der Waals surface area (Å²) in [5.41, 5.74) is 16.6. The molecule has 0 amide bonds. The van der Waals surface area contributed by atoms with E-state index < -0.39 is 0 Å². The number of aromatic nitrogens is 5. The van der Waals surface area contributed by atoms with E-state index in [-0.39, 0.29) is 0 Å². The molecule has 0 atom stereocenters. The van der Waals surface area contributed by atoms with Crippen molar-refractivity contribution in [2.45, 2.75) is 0 Å². The third-order valence-corrected chi connectivity index (χ3v) is 13.7. The van der Waals surface area contributed by atoms with Gasteiger partial charge in [0.25, 0.3) is 0 Å². The molecule has 0 unspecified atom stereocenters. The second-order valence-electron chi connectivity index (χ2n) is 17.8. The van der Waals surface area contributed by atoms with E-state index in [2.05, 4.69) is 217 Å². The summed E-state index contributed by atoms with van der Waals surface area (Å²) in [6, 6.07) is 80.8. The van der Waals surface area contributed by atoms with Gasteiger partial charge in [0, 0.05) is 44.4 Å². The van der Waals surface area contributed by atoms with E-state index >= 15 is 0 Å². The van der Waals surface area contributed by atoms with Gasteiger partial charge in [-0.25, -0.2) is 19.9 Å². The topological polar surface area (TPSA) is 69.1 Å². The van der Waals surface area contributed by atoms with E-state index in [1.54, 1.807) is 0 Å². The summed E-state index contributed by atoms with van der Waals surface area (Å²) in [5, 5.41) is 6.85. The predicted octanol–water partition coefficient (Wildman–Crippen LogP) is 16.5. The van der Waals surface area contributed by atoms with Crippen molar-refractivity contribution in [2.75, 3.05) is 0 Å². The number of imidazole rings is 1. The number of pyridine rings is 1. The van der Waals surface area contributed by atoms with Crippen molar-refractivity contribution in [1.82, 2.24) is 24.3 Å². The van der Waals surface area contributed by atoms with Crippen molar-refractivity contribution in [3.63, 3.8) is 0 Å². The Balaban J connectivity index is 0.835. The van der Waals surface area contributed by atoms with E-state index in [1.807, 2.05) is 24.3 Å². The molecule has 14 aromatic rings. The van der Waals surface area contributed by atoms with Crippen LogP contribution < -0.4 is 0 Å². The van der Waals surface area contributed by atoms with E-state index in [0.29, 0.717) is 17.5 Å². The normalized spacial score (nSPS) is 11.7. The third-order valence-electron chi connectivity index (χ3n) is 13.7. The van der Waals surface area contributed by atoms with Crippen molar-refractivity contribution in [1.29, 1.82) is 0 Å². The maximum Gasteiger partial charge on any atom is 0.164 e. The third kappa shape index (κ3) is 6.73. The minimum Gasteiger partial charge on any atom is -0.456 e. The lowest BCUT2D eigenvalue weighted by Crippen LogP contribution is -2.00. The monoisotopic (exact) mass is 893 g/mol. The lowest BCUT2D eigenvalue weighted by molar-refractivity contribution is 0.669. The zero-order valence-electron chi connectivity index (χ0n) is 37.7. The number of hydrogen-bond donors (Lipinski definition) is 0. The molecule has 0 bridgehead atoms. The van der Waals surface area contributed by atoms with E-state index in [0.717, 1.165) is 111 Å². The van der Waals surface area contributed by atoms with Gasteiger partial charge in [0.2, 0.25) is 0 Å². The Morgan fingerprint density at radius 2 is 0.700 bits per heavy atom. The molecular weight excluding hydrogens is 855 g/mol. The first-order chi connectivity index (χ1) is 34.6. The molecule has 0 aliphatic rings. The molecule has 326 valence electrons. The highest BCUT2D eigenvalue weighted by Crippen LogP contribution is 2.39. The summed E-state index contributed by atoms with van der Waals surface area (Å²) in [4.78, 5) is 20.6. The molecular formula is C64H39N5O. The molecule has 70 heavy (non-hydrogen) atoms. The molecule has 0 aliphatic carbocycles. The molecule has 6 heteroatoms. The van der Waals surface area contributed by atoms with Gasteiger partial charge in [0.15, 0.2) is 17.5 Å². The zero-order chi connectivity index (χ0) is 46.1. The van der Waals surface area contributed by atoms with Crippen LogP contribution in [0, 0.1) is 0 Å². The Labute approximate surface area is 402 Å². The highest BCUT2D eigenvalue weighted by molar-refractivity contribution is 6.24. The lowest BCUT2D eigenvalue weighted by Gasteiger charge is -2.11. The van der Waals surface area contributed by atoms with Crippen molar-refractivity contribution < 1.29 is 4.42 Å². The van der Waals surface area contributed by atoms with Crippen LogP contribution in [0.3, 0.4) is 0 Å². The molecule has 0 saturated heterocycles. The van der Waals surface area contributed by atoms with Gasteiger partial charge in [-0.15, -0.1) is 0 Å². The fraction of sp³-hybridized carbons (Fsp3) is 0. The molecule has 0 saturated carbocycles. The Bertz CT molecular complexity index is 4210. The number of rotatable bonds is 7. The van der Waals surface area contributed by atoms with Crippen LogP contribution in [0.2, 0.25) is 0 Å². The number of nitrogens with zero attached hydrogens (tertiary/aromatic N) is 5. The summed E-state index contributed by atoms with van der Waals surface area (Å²) in [6.07, 6.45) is 2.16. The zero-order valence-corrected chi connectivity index (χ0v) is 37.7. The van der Waals surface area contributed by atoms with E-state index in [4.69, 9.17) is 24.4 Å². The summed E-state index contributed by atoms with van der Waals surface area (Å²) < 4.78 is 8.37. The quantitative estimate of drug-likeness (QED) is 0.149. The van der Waals surface area contributed by atoms with Gasteiger partial charge in [0.05, 0.1) is 11.0 Å². The van der Waals surface area contributed by atoms with Gasteiger partial charge >= 0.3 is 0 Å². The smallest absolute Gasteiger partial charge is 0.164 e. The maximum absolute atomic E-state index is 6.13. The lowest BCUT2D eigenvalue weighted by atomic mass is 9.95. The fourth-order valence-corrected chi connectivity index (χ4v) is 10.1. The molecule has 0 spiro atoms. The van der Waals surface area contributed by atoms with Crippen LogP contribution in [-0.4, -0.2) is 24.3 Å². The molecule has 14 rings (SSSR count). The van der Waals surface area contributed by atoms with Crippen LogP contribution in [0.1, 0.15) is 0 Å². The molecule has 0 aliphatic heterocycles. The van der Waals surface area contributed by atoms with E-state index in [1.165, 1.54) is 10.8 Å². The van der Waals surface area contributed by atoms with Gasteiger partial charge < -0.3 is 4.42 Å². The molecule has 4 aromatic heterocycles. The van der Waals surface area contributed by atoms with E-state index in [9.17, 15) is 0 Å². The Kier molecular flexibility index (Phi) is 9.10. The summed E-state index contributed by atoms with van der Waals surface area (Å²) in [7, 11) is 0. The van der Waals surface area contributed by atoms with Crippen molar-refractivity contribution in [3.05, 3.63) is 237 Å². The van der Waals surface area contributed by atoms with Crippen molar-refractivity contribution in [3.8, 4) is 78.7 Å². The largest absolute Gasteiger partial charge is 0.456 e. The molecule has 4 heterocycles. The second-order valence-corrected chi connectivity index (χ2v) is 17.8. The minimum absolute atomic E-state index is 0.615. The average molecular weight is 894 g/mol. The molecule has 6 nitrogen and oxygen atoms in total. The van der Waals surface area contributed by atoms with Gasteiger partial charge in [-0.05, 0) is 91.7 Å². The molecule has 10 aromatic carbocycles. The number of benzene rings is 10. The molecule has 0 fully saturated rings. The maximum atomic E-state index is 6.13. The summed E-state index contributed by atoms with van der Waals surface area (Å²) in [5.74, 6) is 1.86. The van der Waals surface area contributed by atoms with Crippen LogP contribution in [-0.2, 0) is 0 Å². The number of fused-ring (bicyclic) bond motifs is 11. The first-order valence-electron chi connectivity index (χ1n) is 23.5. The Morgan fingerprint density at radius 1 is 0.271 bits per heavy atom. The van der Waals surface area contributed by atoms with Crippen LogP contribution in [0.4, 0.5) is 0 Å². The van der Waals surface area contributed by atoms with Crippen molar-refractivity contribution in [2.24, 2.45) is 0 Å². The Morgan fingerprint density at radius 3 is 1.31 bits per heavy atom. The van der Waals surface area contributed by atoms with Gasteiger partial charge in [0.1, 0.15) is 16.8 Å².